The van der Waals surface area contributed by atoms with E-state index in [1.165, 1.54) is 19.4 Å². The number of rotatable bonds is 3. The Kier molecular flexibility index (Phi) is 4.00. The highest BCUT2D eigenvalue weighted by molar-refractivity contribution is 5.36. The molecule has 1 saturated heterocycles. The molecule has 0 bridgehead atoms. The zero-order valence-corrected chi connectivity index (χ0v) is 10.4. The number of hydrogen-bond donors (Lipinski definition) is 0. The molecule has 0 aliphatic carbocycles. The van der Waals surface area contributed by atoms with Crippen LogP contribution in [0.25, 0.3) is 0 Å². The molecule has 0 amide bonds. The summed E-state index contributed by atoms with van der Waals surface area (Å²) < 4.78 is 5.78. The van der Waals surface area contributed by atoms with E-state index in [1.807, 2.05) is 13.0 Å². The topological polar surface area (TPSA) is 25.4 Å². The molecule has 1 atom stereocenters. The van der Waals surface area contributed by atoms with Crippen molar-refractivity contribution in [3.8, 4) is 17.6 Å². The largest absolute Gasteiger partial charge is 0.490 e. The van der Waals surface area contributed by atoms with Crippen LogP contribution < -0.4 is 4.74 Å². The summed E-state index contributed by atoms with van der Waals surface area (Å²) in [5.41, 5.74) is 0.907. The maximum atomic E-state index is 5.78. The van der Waals surface area contributed by atoms with Crippen molar-refractivity contribution < 1.29 is 4.74 Å². The molecule has 3 nitrogen and oxygen atoms in total. The number of ether oxygens (including phenoxy) is 1. The average molecular weight is 230 g/mol. The molecular weight excluding hydrogens is 212 g/mol. The number of likely N-dealkylation sites (tertiary alicyclic amines) is 1. The fraction of sp³-hybridized carbons (Fsp3) is 0.500. The van der Waals surface area contributed by atoms with Gasteiger partial charge in [0.2, 0.25) is 0 Å². The molecule has 1 aromatic heterocycles. The Morgan fingerprint density at radius 1 is 1.53 bits per heavy atom. The Balaban J connectivity index is 1.93. The summed E-state index contributed by atoms with van der Waals surface area (Å²) in [4.78, 5) is 6.48. The predicted octanol–water partition coefficient (Wildman–Crippen LogP) is 1.93. The molecule has 1 aromatic rings. The first-order valence-corrected chi connectivity index (χ1v) is 6.00. The molecule has 90 valence electrons. The minimum atomic E-state index is 0.538. The minimum absolute atomic E-state index is 0.538. The van der Waals surface area contributed by atoms with Crippen LogP contribution in [0.2, 0.25) is 0 Å². The van der Waals surface area contributed by atoms with Gasteiger partial charge < -0.3 is 9.64 Å². The van der Waals surface area contributed by atoms with E-state index < -0.39 is 0 Å². The van der Waals surface area contributed by atoms with E-state index in [0.717, 1.165) is 17.9 Å². The zero-order valence-electron chi connectivity index (χ0n) is 10.4. The highest BCUT2D eigenvalue weighted by Gasteiger charge is 2.21. The summed E-state index contributed by atoms with van der Waals surface area (Å²) in [6.07, 6.45) is 5.99. The second-order valence-electron chi connectivity index (χ2n) is 4.37. The zero-order chi connectivity index (χ0) is 12.1. The summed E-state index contributed by atoms with van der Waals surface area (Å²) in [5.74, 6) is 6.65. The summed E-state index contributed by atoms with van der Waals surface area (Å²) in [5, 5.41) is 0. The highest BCUT2D eigenvalue weighted by Crippen LogP contribution is 2.17. The molecule has 2 heterocycles. The second kappa shape index (κ2) is 5.70. The van der Waals surface area contributed by atoms with Gasteiger partial charge >= 0.3 is 0 Å². The lowest BCUT2D eigenvalue weighted by molar-refractivity contribution is 0.198. The quantitative estimate of drug-likeness (QED) is 0.742. The Bertz CT molecular complexity index is 433. The molecule has 0 saturated carbocycles. The Morgan fingerprint density at radius 3 is 3.12 bits per heavy atom. The fourth-order valence-corrected chi connectivity index (χ4v) is 2.09. The van der Waals surface area contributed by atoms with Crippen molar-refractivity contribution in [1.82, 2.24) is 9.88 Å². The lowest BCUT2D eigenvalue weighted by Crippen LogP contribution is -2.30. The van der Waals surface area contributed by atoms with Gasteiger partial charge in [-0.05, 0) is 39.4 Å². The Hall–Kier alpha value is -1.53. The molecule has 1 fully saturated rings. The summed E-state index contributed by atoms with van der Waals surface area (Å²) in [6, 6.07) is 2.48. The number of hydrogen-bond acceptors (Lipinski definition) is 3. The number of likely N-dealkylation sites (N-methyl/N-ethyl adjacent to an activating group) is 1. The SMILES string of the molecule is CC#Cc1cncc(OCC2CCCN2C)c1. The normalized spacial score (nSPS) is 19.8. The summed E-state index contributed by atoms with van der Waals surface area (Å²) in [7, 11) is 2.15. The van der Waals surface area contributed by atoms with E-state index in [-0.39, 0.29) is 0 Å². The van der Waals surface area contributed by atoms with Crippen molar-refractivity contribution in [2.24, 2.45) is 0 Å². The molecule has 3 heteroatoms. The van der Waals surface area contributed by atoms with Crippen LogP contribution in [0.5, 0.6) is 5.75 Å². The molecular formula is C14H18N2O. The Labute approximate surface area is 103 Å². The Morgan fingerprint density at radius 2 is 2.41 bits per heavy atom. The maximum Gasteiger partial charge on any atom is 0.138 e. The van der Waals surface area contributed by atoms with Gasteiger partial charge in [0.25, 0.3) is 0 Å². The van der Waals surface area contributed by atoms with Crippen LogP contribution in [0, 0.1) is 11.8 Å². The van der Waals surface area contributed by atoms with Gasteiger partial charge in [-0.15, -0.1) is 5.92 Å². The molecule has 0 aromatic carbocycles. The first-order valence-electron chi connectivity index (χ1n) is 6.00. The van der Waals surface area contributed by atoms with Crippen LogP contribution in [0.1, 0.15) is 25.3 Å². The van der Waals surface area contributed by atoms with Crippen molar-refractivity contribution in [2.45, 2.75) is 25.8 Å². The maximum absolute atomic E-state index is 5.78. The van der Waals surface area contributed by atoms with E-state index in [4.69, 9.17) is 4.74 Å². The second-order valence-corrected chi connectivity index (χ2v) is 4.37. The molecule has 0 radical (unpaired) electrons. The van der Waals surface area contributed by atoms with Gasteiger partial charge in [-0.1, -0.05) is 5.92 Å². The molecule has 0 spiro atoms. The van der Waals surface area contributed by atoms with Crippen LogP contribution in [0.15, 0.2) is 18.5 Å². The molecule has 1 aliphatic heterocycles. The molecule has 0 N–H and O–H groups in total. The average Bonchev–Trinajstić information content (AvgIpc) is 2.73. The van der Waals surface area contributed by atoms with Crippen LogP contribution in [0.4, 0.5) is 0 Å². The standard InChI is InChI=1S/C14H18N2O/c1-3-5-12-8-14(10-15-9-12)17-11-13-6-4-7-16(13)2/h8-10,13H,4,6-7,11H2,1-2H3. The van der Waals surface area contributed by atoms with Gasteiger partial charge in [-0.2, -0.15) is 0 Å². The molecule has 1 unspecified atom stereocenters. The third-order valence-electron chi connectivity index (χ3n) is 3.10. The minimum Gasteiger partial charge on any atom is -0.490 e. The van der Waals surface area contributed by atoms with Gasteiger partial charge in [-0.3, -0.25) is 4.98 Å². The van der Waals surface area contributed by atoms with Gasteiger partial charge in [0, 0.05) is 17.8 Å². The van der Waals surface area contributed by atoms with Crippen LogP contribution in [0.3, 0.4) is 0 Å². The third kappa shape index (κ3) is 3.21. The van der Waals surface area contributed by atoms with Crippen LogP contribution in [-0.4, -0.2) is 36.1 Å². The van der Waals surface area contributed by atoms with E-state index in [2.05, 4.69) is 28.8 Å². The van der Waals surface area contributed by atoms with Gasteiger partial charge in [-0.25, -0.2) is 0 Å². The first kappa shape index (κ1) is 11.9. The van der Waals surface area contributed by atoms with Crippen LogP contribution >= 0.6 is 0 Å². The van der Waals surface area contributed by atoms with Gasteiger partial charge in [0.05, 0.1) is 6.20 Å². The summed E-state index contributed by atoms with van der Waals surface area (Å²) in [6.45, 7) is 3.73. The van der Waals surface area contributed by atoms with E-state index in [1.54, 1.807) is 12.4 Å². The molecule has 1 aliphatic rings. The highest BCUT2D eigenvalue weighted by atomic mass is 16.5. The monoisotopic (exact) mass is 230 g/mol. The van der Waals surface area contributed by atoms with E-state index in [9.17, 15) is 0 Å². The molecule has 17 heavy (non-hydrogen) atoms. The summed E-state index contributed by atoms with van der Waals surface area (Å²) >= 11 is 0. The number of aromatic nitrogens is 1. The van der Waals surface area contributed by atoms with Crippen molar-refractivity contribution in [3.05, 3.63) is 24.0 Å². The molecule has 2 rings (SSSR count). The lowest BCUT2D eigenvalue weighted by atomic mass is 10.2. The van der Waals surface area contributed by atoms with Gasteiger partial charge in [0.1, 0.15) is 12.4 Å². The van der Waals surface area contributed by atoms with Crippen molar-refractivity contribution in [3.63, 3.8) is 0 Å². The first-order chi connectivity index (χ1) is 8.29. The van der Waals surface area contributed by atoms with E-state index in [0.29, 0.717) is 6.04 Å². The lowest BCUT2D eigenvalue weighted by Gasteiger charge is -2.19. The van der Waals surface area contributed by atoms with Crippen molar-refractivity contribution in [2.75, 3.05) is 20.2 Å². The van der Waals surface area contributed by atoms with Gasteiger partial charge in [0.15, 0.2) is 0 Å². The van der Waals surface area contributed by atoms with E-state index >= 15 is 0 Å². The van der Waals surface area contributed by atoms with Crippen molar-refractivity contribution >= 4 is 0 Å². The third-order valence-corrected chi connectivity index (χ3v) is 3.10. The smallest absolute Gasteiger partial charge is 0.138 e. The predicted molar refractivity (Wildman–Crippen MR) is 67.9 cm³/mol. The fourth-order valence-electron chi connectivity index (χ4n) is 2.09. The van der Waals surface area contributed by atoms with Crippen molar-refractivity contribution in [1.29, 1.82) is 0 Å². The number of nitrogens with zero attached hydrogens (tertiary/aromatic N) is 2. The number of pyridine rings is 1. The van der Waals surface area contributed by atoms with Crippen LogP contribution in [-0.2, 0) is 0 Å².